The summed E-state index contributed by atoms with van der Waals surface area (Å²) in [7, 11) is -2.15. The maximum absolute atomic E-state index is 12.3. The summed E-state index contributed by atoms with van der Waals surface area (Å²) in [5.74, 6) is -0.925. The highest BCUT2D eigenvalue weighted by molar-refractivity contribution is 7.89. The number of benzene rings is 2. The van der Waals surface area contributed by atoms with Crippen molar-refractivity contribution >= 4 is 16.0 Å². The molecule has 0 fully saturated rings. The normalized spacial score (nSPS) is 12.7. The van der Waals surface area contributed by atoms with E-state index in [9.17, 15) is 13.2 Å². The van der Waals surface area contributed by atoms with Crippen LogP contribution < -0.4 is 4.72 Å². The van der Waals surface area contributed by atoms with Gasteiger partial charge in [-0.05, 0) is 23.3 Å². The Hall–Kier alpha value is -2.22. The number of carboxylic acids is 1. The lowest BCUT2D eigenvalue weighted by molar-refractivity contribution is -0.136. The molecule has 2 aromatic rings. The molecule has 2 rings (SSSR count). The van der Waals surface area contributed by atoms with Crippen LogP contribution in [0.5, 0.6) is 0 Å². The molecule has 0 spiro atoms. The van der Waals surface area contributed by atoms with Gasteiger partial charge in [0.25, 0.3) is 0 Å². The van der Waals surface area contributed by atoms with Gasteiger partial charge in [-0.2, -0.15) is 0 Å². The van der Waals surface area contributed by atoms with Crippen LogP contribution in [0.4, 0.5) is 0 Å². The van der Waals surface area contributed by atoms with E-state index in [1.165, 1.54) is 19.2 Å². The highest BCUT2D eigenvalue weighted by Gasteiger charge is 2.18. The van der Waals surface area contributed by atoms with Crippen LogP contribution in [-0.4, -0.2) is 33.1 Å². The quantitative estimate of drug-likeness (QED) is 0.760. The first-order valence-electron chi connectivity index (χ1n) is 7.30. The maximum Gasteiger partial charge on any atom is 0.307 e. The molecule has 0 aromatic heterocycles. The molecule has 2 aromatic carbocycles. The van der Waals surface area contributed by atoms with Crippen LogP contribution in [0, 0.1) is 0 Å². The third-order valence-electron chi connectivity index (χ3n) is 3.47. The van der Waals surface area contributed by atoms with Gasteiger partial charge < -0.3 is 9.84 Å². The zero-order chi connectivity index (χ0) is 17.6. The van der Waals surface area contributed by atoms with Gasteiger partial charge >= 0.3 is 5.97 Å². The number of hydrogen-bond donors (Lipinski definition) is 2. The Bertz CT molecular complexity index is 790. The Kier molecular flexibility index (Phi) is 6.08. The van der Waals surface area contributed by atoms with Crippen LogP contribution in [0.1, 0.15) is 17.2 Å². The van der Waals surface area contributed by atoms with E-state index in [4.69, 9.17) is 9.84 Å². The van der Waals surface area contributed by atoms with Gasteiger partial charge in [0.2, 0.25) is 10.0 Å². The monoisotopic (exact) mass is 349 g/mol. The molecular formula is C17H19NO5S. The van der Waals surface area contributed by atoms with E-state index in [-0.39, 0.29) is 17.9 Å². The second-order valence-corrected chi connectivity index (χ2v) is 6.97. The number of methoxy groups -OCH3 is 1. The second kappa shape index (κ2) is 8.05. The molecule has 24 heavy (non-hydrogen) atoms. The minimum Gasteiger partial charge on any atom is -0.481 e. The van der Waals surface area contributed by atoms with E-state index in [1.54, 1.807) is 42.5 Å². The van der Waals surface area contributed by atoms with Gasteiger partial charge in [0.1, 0.15) is 0 Å². The van der Waals surface area contributed by atoms with E-state index < -0.39 is 22.1 Å². The summed E-state index contributed by atoms with van der Waals surface area (Å²) in [6.07, 6.45) is -0.614. The fourth-order valence-corrected chi connectivity index (χ4v) is 3.34. The highest BCUT2D eigenvalue weighted by Crippen LogP contribution is 2.19. The van der Waals surface area contributed by atoms with E-state index >= 15 is 0 Å². The average molecular weight is 349 g/mol. The number of carboxylic acid groups (broad SMARTS) is 1. The summed E-state index contributed by atoms with van der Waals surface area (Å²) in [6, 6.07) is 15.0. The molecule has 6 nitrogen and oxygen atoms in total. The van der Waals surface area contributed by atoms with Crippen molar-refractivity contribution in [2.24, 2.45) is 0 Å². The van der Waals surface area contributed by atoms with Crippen LogP contribution in [0.25, 0.3) is 0 Å². The van der Waals surface area contributed by atoms with Gasteiger partial charge in [0, 0.05) is 13.7 Å². The first-order chi connectivity index (χ1) is 11.4. The minimum absolute atomic E-state index is 0.0459. The molecule has 1 atom stereocenters. The molecule has 0 aliphatic rings. The predicted octanol–water partition coefficient (Wildman–Crippen LogP) is 1.98. The van der Waals surface area contributed by atoms with E-state index in [0.29, 0.717) is 11.1 Å². The summed E-state index contributed by atoms with van der Waals surface area (Å²) in [6.45, 7) is 0.0459. The molecule has 0 aliphatic carbocycles. The number of nitrogens with one attached hydrogen (secondary N) is 1. The van der Waals surface area contributed by atoms with Crippen molar-refractivity contribution in [3.05, 3.63) is 65.7 Å². The number of rotatable bonds is 8. The van der Waals surface area contributed by atoms with Crippen molar-refractivity contribution in [2.75, 3.05) is 13.7 Å². The lowest BCUT2D eigenvalue weighted by atomic mass is 10.0. The smallest absolute Gasteiger partial charge is 0.307 e. The average Bonchev–Trinajstić information content (AvgIpc) is 2.56. The van der Waals surface area contributed by atoms with Crippen LogP contribution in [0.15, 0.2) is 59.5 Å². The van der Waals surface area contributed by atoms with Gasteiger partial charge in [-0.1, -0.05) is 42.5 Å². The number of sulfonamides is 1. The SMILES string of the molecule is COC(CNS(=O)(=O)c1ccccc1)c1cccc(CC(=O)O)c1. The minimum atomic E-state index is -3.63. The number of aliphatic carboxylic acids is 1. The van der Waals surface area contributed by atoms with Gasteiger partial charge in [-0.15, -0.1) is 0 Å². The molecule has 2 N–H and O–H groups in total. The van der Waals surface area contributed by atoms with Gasteiger partial charge in [0.05, 0.1) is 17.4 Å². The zero-order valence-electron chi connectivity index (χ0n) is 13.2. The Labute approximate surface area is 141 Å². The maximum atomic E-state index is 12.3. The number of carbonyl (C=O) groups is 1. The lowest BCUT2D eigenvalue weighted by Crippen LogP contribution is -2.29. The molecular weight excluding hydrogens is 330 g/mol. The molecule has 1 unspecified atom stereocenters. The Morgan fingerprint density at radius 2 is 1.88 bits per heavy atom. The predicted molar refractivity (Wildman–Crippen MR) is 89.2 cm³/mol. The van der Waals surface area contributed by atoms with Crippen molar-refractivity contribution in [3.63, 3.8) is 0 Å². The topological polar surface area (TPSA) is 92.7 Å². The molecule has 128 valence electrons. The van der Waals surface area contributed by atoms with Crippen molar-refractivity contribution in [2.45, 2.75) is 17.4 Å². The largest absolute Gasteiger partial charge is 0.481 e. The fourth-order valence-electron chi connectivity index (χ4n) is 2.28. The molecule has 7 heteroatoms. The molecule has 0 radical (unpaired) electrons. The molecule has 0 saturated heterocycles. The Morgan fingerprint density at radius 3 is 2.50 bits per heavy atom. The molecule has 0 saturated carbocycles. The highest BCUT2D eigenvalue weighted by atomic mass is 32.2. The lowest BCUT2D eigenvalue weighted by Gasteiger charge is -2.17. The molecule has 0 aliphatic heterocycles. The zero-order valence-corrected chi connectivity index (χ0v) is 14.0. The summed E-state index contributed by atoms with van der Waals surface area (Å²) in [4.78, 5) is 11.0. The van der Waals surface area contributed by atoms with Crippen molar-refractivity contribution in [1.82, 2.24) is 4.72 Å². The van der Waals surface area contributed by atoms with Gasteiger partial charge in [0.15, 0.2) is 0 Å². The third kappa shape index (κ3) is 4.89. The summed E-state index contributed by atoms with van der Waals surface area (Å²) >= 11 is 0. The standard InChI is InChI=1S/C17H19NO5S/c1-23-16(14-7-5-6-13(10-14)11-17(19)20)12-18-24(21,22)15-8-3-2-4-9-15/h2-10,16,18H,11-12H2,1H3,(H,19,20). The van der Waals surface area contributed by atoms with Crippen LogP contribution in [0.3, 0.4) is 0 Å². The van der Waals surface area contributed by atoms with E-state index in [2.05, 4.69) is 4.72 Å². The summed E-state index contributed by atoms with van der Waals surface area (Å²) in [5, 5.41) is 8.87. The van der Waals surface area contributed by atoms with Gasteiger partial charge in [-0.25, -0.2) is 13.1 Å². The second-order valence-electron chi connectivity index (χ2n) is 5.20. The Morgan fingerprint density at radius 1 is 1.17 bits per heavy atom. The van der Waals surface area contributed by atoms with Gasteiger partial charge in [-0.3, -0.25) is 4.79 Å². The first-order valence-corrected chi connectivity index (χ1v) is 8.79. The van der Waals surface area contributed by atoms with Crippen molar-refractivity contribution in [3.8, 4) is 0 Å². The molecule has 0 amide bonds. The summed E-state index contributed by atoms with van der Waals surface area (Å²) in [5.41, 5.74) is 1.35. The van der Waals surface area contributed by atoms with Crippen LogP contribution >= 0.6 is 0 Å². The van der Waals surface area contributed by atoms with E-state index in [0.717, 1.165) is 0 Å². The number of hydrogen-bond acceptors (Lipinski definition) is 4. The van der Waals surface area contributed by atoms with E-state index in [1.807, 2.05) is 0 Å². The molecule has 0 bridgehead atoms. The van der Waals surface area contributed by atoms with Crippen molar-refractivity contribution in [1.29, 1.82) is 0 Å². The number of ether oxygens (including phenoxy) is 1. The Balaban J connectivity index is 2.11. The van der Waals surface area contributed by atoms with Crippen LogP contribution in [0.2, 0.25) is 0 Å². The summed E-state index contributed by atoms with van der Waals surface area (Å²) < 4.78 is 32.4. The molecule has 0 heterocycles. The fraction of sp³-hybridized carbons (Fsp3) is 0.235. The third-order valence-corrected chi connectivity index (χ3v) is 4.91. The van der Waals surface area contributed by atoms with Crippen molar-refractivity contribution < 1.29 is 23.1 Å². The first kappa shape index (κ1) is 18.1. The van der Waals surface area contributed by atoms with Crippen LogP contribution in [-0.2, 0) is 26.0 Å².